The van der Waals surface area contributed by atoms with Crippen molar-refractivity contribution in [1.29, 1.82) is 0 Å². The Morgan fingerprint density at radius 2 is 1.96 bits per heavy atom. The van der Waals surface area contributed by atoms with Crippen molar-refractivity contribution < 1.29 is 14.6 Å². The van der Waals surface area contributed by atoms with Crippen molar-refractivity contribution >= 4 is 6.09 Å². The molecule has 0 aromatic heterocycles. The standard InChI is InChI=1S/C19H19NO3/c20-19(22)23-13-12-18(21)17-11-5-10-16(14-17)9-4-8-15-6-2-1-3-7-15/h1-3,5-7,10-11,14,18,21H,8,12-13H2,(H2,20,22). The van der Waals surface area contributed by atoms with E-state index in [1.54, 1.807) is 0 Å². The minimum atomic E-state index is -0.835. The second-order valence-electron chi connectivity index (χ2n) is 5.06. The lowest BCUT2D eigenvalue weighted by Gasteiger charge is -2.10. The predicted molar refractivity (Wildman–Crippen MR) is 88.6 cm³/mol. The molecule has 0 aliphatic rings. The molecule has 1 atom stereocenters. The molecule has 2 rings (SSSR count). The van der Waals surface area contributed by atoms with Crippen LogP contribution in [0.15, 0.2) is 54.6 Å². The van der Waals surface area contributed by atoms with Gasteiger partial charge in [0.15, 0.2) is 0 Å². The van der Waals surface area contributed by atoms with Crippen molar-refractivity contribution in [3.05, 3.63) is 71.3 Å². The third kappa shape index (κ3) is 5.85. The first-order valence-electron chi connectivity index (χ1n) is 7.38. The number of nitrogens with two attached hydrogens (primary N) is 1. The van der Waals surface area contributed by atoms with E-state index in [2.05, 4.69) is 16.6 Å². The number of rotatable bonds is 5. The fraction of sp³-hybridized carbons (Fsp3) is 0.211. The van der Waals surface area contributed by atoms with Crippen LogP contribution in [-0.2, 0) is 11.2 Å². The Labute approximate surface area is 135 Å². The normalized spacial score (nSPS) is 11.2. The van der Waals surface area contributed by atoms with E-state index in [9.17, 15) is 9.90 Å². The third-order valence-corrected chi connectivity index (χ3v) is 3.28. The van der Waals surface area contributed by atoms with E-state index in [-0.39, 0.29) is 6.61 Å². The fourth-order valence-corrected chi connectivity index (χ4v) is 2.11. The zero-order chi connectivity index (χ0) is 16.5. The zero-order valence-electron chi connectivity index (χ0n) is 12.7. The van der Waals surface area contributed by atoms with Crippen LogP contribution < -0.4 is 5.73 Å². The van der Waals surface area contributed by atoms with Crippen molar-refractivity contribution in [2.45, 2.75) is 18.9 Å². The highest BCUT2D eigenvalue weighted by Gasteiger charge is 2.08. The van der Waals surface area contributed by atoms with E-state index in [0.29, 0.717) is 12.8 Å². The molecule has 0 bridgehead atoms. The van der Waals surface area contributed by atoms with Crippen molar-refractivity contribution in [2.24, 2.45) is 5.73 Å². The topological polar surface area (TPSA) is 72.6 Å². The van der Waals surface area contributed by atoms with Gasteiger partial charge in [0.1, 0.15) is 0 Å². The molecule has 0 aliphatic heterocycles. The largest absolute Gasteiger partial charge is 0.450 e. The maximum Gasteiger partial charge on any atom is 0.404 e. The van der Waals surface area contributed by atoms with Crippen LogP contribution in [0, 0.1) is 11.8 Å². The van der Waals surface area contributed by atoms with Gasteiger partial charge < -0.3 is 15.6 Å². The van der Waals surface area contributed by atoms with E-state index in [1.165, 1.54) is 5.56 Å². The molecular weight excluding hydrogens is 290 g/mol. The number of amides is 1. The van der Waals surface area contributed by atoms with Crippen LogP contribution in [0.25, 0.3) is 0 Å². The molecule has 0 saturated carbocycles. The number of aliphatic hydroxyl groups is 1. The molecule has 0 saturated heterocycles. The Hall–Kier alpha value is -2.77. The summed E-state index contributed by atoms with van der Waals surface area (Å²) >= 11 is 0. The number of ether oxygens (including phenoxy) is 1. The smallest absolute Gasteiger partial charge is 0.404 e. The Balaban J connectivity index is 1.95. The molecular formula is C19H19NO3. The molecule has 118 valence electrons. The number of hydrogen-bond acceptors (Lipinski definition) is 3. The van der Waals surface area contributed by atoms with Crippen molar-refractivity contribution in [3.8, 4) is 11.8 Å². The van der Waals surface area contributed by atoms with E-state index in [4.69, 9.17) is 5.73 Å². The van der Waals surface area contributed by atoms with E-state index < -0.39 is 12.2 Å². The van der Waals surface area contributed by atoms with Gasteiger partial charge in [-0.3, -0.25) is 0 Å². The van der Waals surface area contributed by atoms with Crippen molar-refractivity contribution in [3.63, 3.8) is 0 Å². The third-order valence-electron chi connectivity index (χ3n) is 3.28. The SMILES string of the molecule is NC(=O)OCCC(O)c1cccc(C#CCc2ccccc2)c1. The molecule has 2 aromatic carbocycles. The molecule has 1 amide bonds. The van der Waals surface area contributed by atoms with Gasteiger partial charge in [-0.2, -0.15) is 0 Å². The summed E-state index contributed by atoms with van der Waals surface area (Å²) in [6.45, 7) is 0.0837. The minimum Gasteiger partial charge on any atom is -0.450 e. The average molecular weight is 309 g/mol. The number of carbonyl (C=O) groups excluding carboxylic acids is 1. The first-order valence-corrected chi connectivity index (χ1v) is 7.38. The second-order valence-corrected chi connectivity index (χ2v) is 5.06. The summed E-state index contributed by atoms with van der Waals surface area (Å²) in [5, 5.41) is 10.1. The summed E-state index contributed by atoms with van der Waals surface area (Å²) in [4.78, 5) is 10.5. The van der Waals surface area contributed by atoms with Crippen molar-refractivity contribution in [2.75, 3.05) is 6.61 Å². The summed E-state index contributed by atoms with van der Waals surface area (Å²) in [5.74, 6) is 6.22. The summed E-state index contributed by atoms with van der Waals surface area (Å²) in [6, 6.07) is 17.4. The van der Waals surface area contributed by atoms with E-state index in [1.807, 2.05) is 54.6 Å². The average Bonchev–Trinajstić information content (AvgIpc) is 2.56. The molecule has 4 nitrogen and oxygen atoms in total. The van der Waals surface area contributed by atoms with Gasteiger partial charge in [-0.05, 0) is 23.3 Å². The number of aliphatic hydroxyl groups excluding tert-OH is 1. The van der Waals surface area contributed by atoms with Crippen LogP contribution >= 0.6 is 0 Å². The van der Waals surface area contributed by atoms with Gasteiger partial charge in [-0.1, -0.05) is 54.3 Å². The van der Waals surface area contributed by atoms with Gasteiger partial charge in [0.2, 0.25) is 0 Å². The molecule has 0 fully saturated rings. The molecule has 0 heterocycles. The molecule has 1 unspecified atom stereocenters. The first-order chi connectivity index (χ1) is 11.1. The Bertz CT molecular complexity index is 701. The van der Waals surface area contributed by atoms with Gasteiger partial charge >= 0.3 is 6.09 Å². The summed E-state index contributed by atoms with van der Waals surface area (Å²) in [6.07, 6.45) is -0.577. The Kier molecular flexibility index (Phi) is 6.22. The number of carbonyl (C=O) groups is 1. The Morgan fingerprint density at radius 3 is 2.70 bits per heavy atom. The molecule has 0 aliphatic carbocycles. The van der Waals surface area contributed by atoms with Crippen LogP contribution in [-0.4, -0.2) is 17.8 Å². The lowest BCUT2D eigenvalue weighted by Crippen LogP contribution is -2.15. The molecule has 0 radical (unpaired) electrons. The summed E-state index contributed by atoms with van der Waals surface area (Å²) in [7, 11) is 0. The minimum absolute atomic E-state index is 0.0837. The van der Waals surface area contributed by atoms with Gasteiger partial charge in [-0.15, -0.1) is 0 Å². The lowest BCUT2D eigenvalue weighted by atomic mass is 10.0. The quantitative estimate of drug-likeness (QED) is 0.834. The monoisotopic (exact) mass is 309 g/mol. The molecule has 3 N–H and O–H groups in total. The molecule has 23 heavy (non-hydrogen) atoms. The number of hydrogen-bond donors (Lipinski definition) is 2. The highest BCUT2D eigenvalue weighted by atomic mass is 16.5. The van der Waals surface area contributed by atoms with Gasteiger partial charge in [0.25, 0.3) is 0 Å². The zero-order valence-corrected chi connectivity index (χ0v) is 12.7. The van der Waals surface area contributed by atoms with Crippen LogP contribution in [0.4, 0.5) is 4.79 Å². The molecule has 0 spiro atoms. The fourth-order valence-electron chi connectivity index (χ4n) is 2.11. The summed E-state index contributed by atoms with van der Waals surface area (Å²) in [5.41, 5.74) is 7.63. The van der Waals surface area contributed by atoms with Crippen molar-refractivity contribution in [1.82, 2.24) is 0 Å². The van der Waals surface area contributed by atoms with E-state index in [0.717, 1.165) is 11.1 Å². The maximum atomic E-state index is 10.5. The Morgan fingerprint density at radius 1 is 1.17 bits per heavy atom. The number of benzene rings is 2. The first kappa shape index (κ1) is 16.6. The molecule has 4 heteroatoms. The van der Waals surface area contributed by atoms with Gasteiger partial charge in [0.05, 0.1) is 12.7 Å². The van der Waals surface area contributed by atoms with Crippen LogP contribution in [0.1, 0.15) is 29.2 Å². The summed E-state index contributed by atoms with van der Waals surface area (Å²) < 4.78 is 4.63. The molecule has 2 aromatic rings. The highest BCUT2D eigenvalue weighted by molar-refractivity contribution is 5.64. The lowest BCUT2D eigenvalue weighted by molar-refractivity contribution is 0.111. The predicted octanol–water partition coefficient (Wildman–Crippen LogP) is 2.80. The van der Waals surface area contributed by atoms with E-state index >= 15 is 0 Å². The second kappa shape index (κ2) is 8.62. The van der Waals surface area contributed by atoms with Gasteiger partial charge in [0, 0.05) is 18.4 Å². The highest BCUT2D eigenvalue weighted by Crippen LogP contribution is 2.17. The maximum absolute atomic E-state index is 10.5. The van der Waals surface area contributed by atoms with Gasteiger partial charge in [-0.25, -0.2) is 4.79 Å². The van der Waals surface area contributed by atoms with Crippen LogP contribution in [0.3, 0.4) is 0 Å². The van der Waals surface area contributed by atoms with Crippen LogP contribution in [0.5, 0.6) is 0 Å². The number of primary amides is 1. The van der Waals surface area contributed by atoms with Crippen LogP contribution in [0.2, 0.25) is 0 Å².